The first kappa shape index (κ1) is 94.1. The lowest BCUT2D eigenvalue weighted by Crippen LogP contribution is -2.42. The predicted molar refractivity (Wildman–Crippen MR) is 527 cm³/mol. The number of sulfonamides is 3. The number of amides is 4. The number of ether oxygens (including phenoxy) is 7. The molecule has 4 amide bonds. The zero-order valence-electron chi connectivity index (χ0n) is 76.5. The average Bonchev–Trinajstić information content (AvgIpc) is 1.59. The fraction of sp³-hybridized carbons (Fsp3) is 0.274. The highest BCUT2D eigenvalue weighted by molar-refractivity contribution is 7.90. The molecular formula is C106H108N12O17S3. The molecule has 8 aliphatic rings. The summed E-state index contributed by atoms with van der Waals surface area (Å²) in [5.41, 5.74) is 9.49. The number of methoxy groups -OCH3 is 1. The lowest BCUT2D eigenvalue weighted by Gasteiger charge is -2.36. The van der Waals surface area contributed by atoms with E-state index in [9.17, 15) is 44.4 Å². The van der Waals surface area contributed by atoms with Gasteiger partial charge < -0.3 is 54.4 Å². The Morgan fingerprint density at radius 2 is 0.819 bits per heavy atom. The van der Waals surface area contributed by atoms with Crippen LogP contribution in [0, 0.1) is 6.92 Å². The van der Waals surface area contributed by atoms with E-state index in [1.54, 1.807) is 109 Å². The van der Waals surface area contributed by atoms with Crippen molar-refractivity contribution in [3.63, 3.8) is 0 Å². The number of hydrogen-bond acceptors (Lipinski definition) is 22. The molecule has 29 nitrogen and oxygen atoms in total. The Bertz CT molecular complexity index is 7070. The van der Waals surface area contributed by atoms with Crippen LogP contribution in [-0.2, 0) is 77.3 Å². The highest BCUT2D eigenvalue weighted by Gasteiger charge is 2.54. The number of aromatic nitrogens is 5. The van der Waals surface area contributed by atoms with Crippen LogP contribution in [-0.4, -0.2) is 132 Å². The summed E-state index contributed by atoms with van der Waals surface area (Å²) in [6.07, 6.45) is 14.5. The van der Waals surface area contributed by atoms with Gasteiger partial charge in [0.25, 0.3) is 0 Å². The van der Waals surface area contributed by atoms with Crippen molar-refractivity contribution in [3.8, 4) is 85.1 Å². The van der Waals surface area contributed by atoms with Gasteiger partial charge >= 0.3 is 0 Å². The van der Waals surface area contributed by atoms with E-state index in [-0.39, 0.29) is 74.1 Å². The zero-order valence-corrected chi connectivity index (χ0v) is 79.0. The van der Waals surface area contributed by atoms with Crippen molar-refractivity contribution in [3.05, 3.63) is 307 Å². The maximum atomic E-state index is 13.5. The van der Waals surface area contributed by atoms with Crippen LogP contribution in [0.3, 0.4) is 0 Å². The quantitative estimate of drug-likeness (QED) is 0.0293. The number of carbonyl (C=O) groups excluding carboxylic acids is 4. The summed E-state index contributed by atoms with van der Waals surface area (Å²) >= 11 is 0. The van der Waals surface area contributed by atoms with Crippen molar-refractivity contribution in [2.45, 2.75) is 153 Å². The average molecular weight is 1920 g/mol. The van der Waals surface area contributed by atoms with Crippen molar-refractivity contribution < 1.29 is 80.4 Å². The van der Waals surface area contributed by atoms with Gasteiger partial charge in [-0.25, -0.2) is 54.6 Å². The van der Waals surface area contributed by atoms with Gasteiger partial charge in [-0.05, 0) is 259 Å². The van der Waals surface area contributed by atoms with Crippen LogP contribution in [0.2, 0.25) is 0 Å². The minimum Gasteiger partial charge on any atom is -0.497 e. The van der Waals surface area contributed by atoms with Gasteiger partial charge in [0.15, 0.2) is 34.5 Å². The molecule has 0 radical (unpaired) electrons. The number of anilines is 4. The third kappa shape index (κ3) is 20.6. The number of carbonyl (C=O) groups is 4. The molecule has 5 aromatic heterocycles. The summed E-state index contributed by atoms with van der Waals surface area (Å²) in [6.45, 7) is 5.32. The van der Waals surface area contributed by atoms with E-state index in [1.807, 2.05) is 190 Å². The number of benzene rings is 8. The van der Waals surface area contributed by atoms with E-state index in [0.29, 0.717) is 82.1 Å². The van der Waals surface area contributed by atoms with Crippen molar-refractivity contribution in [1.82, 2.24) is 38.7 Å². The standard InChI is InChI=1S/C29H26N4O5S.C28H29N3O5S.C25H27N3O3S.C24H22N2O4.2H2/c34-28(29(14-15-29)21-9-12-25-26(18-21)38-19-37-25)33-27-6-3-5-24(32-27)20-7-10-23(11-8-20)39(35,36)31-17-13-22-4-1-2-16-30-22;1-19-5-2-3-16-31(19)37(33,34)22-11-8-20(9-12-22)23-6-4-7-26(29-23)30-27(32)28(14-15-28)21-10-13-24-25(17-21)36-18-35-24;1-26-32(30,31)21-15-13-19(14-16-21)22-11-8-12-23(27-22)28-24(29)25(17-6-3-7-18-25)20-9-4-2-5-10-20;1-15-19(16-3-6-18(28-2)7-4-16)8-10-22(25-15)26-23(27)24(11-12-24)17-5-9-20-21(13-17)30-14-29-20;;/h1-12,16,18,31H,13-15,17,19H2,(H,32,33,34);4,6-13,17,19H,2-3,5,14-16,18H2,1H3,(H,29,30,32);2,4-5,8-16,26H,3,6-7,17-18H2,1H3,(H,27,28,29);3-10,13H,11-12,14H2,1-2H3,(H,25,26,27);2*1H. The highest BCUT2D eigenvalue weighted by Crippen LogP contribution is 2.54. The Labute approximate surface area is 804 Å². The minimum atomic E-state index is -3.67. The SMILES string of the molecule is CC1CCCCN1S(=O)(=O)c1ccc(-c2cccc(NC(=O)C3(c4ccc5c(c4)OCO5)CC3)n2)cc1.CNS(=O)(=O)c1ccc(-c2cccc(NC(=O)C3(c4ccccc4)CCCCC3)n2)cc1.COc1ccc(-c2ccc(NC(=O)C3(c4ccc5c(c4)OCO5)CC3)nc2C)cc1.O=C(Nc1cccc(-c2ccc(S(=O)(=O)NCCc3ccccn3)cc2)n1)C1(c2ccc3c(c2)OCO3)CC1.[HH].[HH]. The van der Waals surface area contributed by atoms with Gasteiger partial charge in [0, 0.05) is 68.2 Å². The first-order valence-corrected chi connectivity index (χ1v) is 50.5. The van der Waals surface area contributed by atoms with E-state index in [1.165, 1.54) is 7.05 Å². The molecule has 8 aromatic carbocycles. The lowest BCUT2D eigenvalue weighted by molar-refractivity contribution is -0.123. The van der Waals surface area contributed by atoms with Gasteiger partial charge in [0.05, 0.1) is 60.5 Å². The van der Waals surface area contributed by atoms with Crippen molar-refractivity contribution in [2.75, 3.05) is 68.9 Å². The van der Waals surface area contributed by atoms with Crippen LogP contribution in [0.5, 0.6) is 40.2 Å². The van der Waals surface area contributed by atoms with Crippen LogP contribution >= 0.6 is 0 Å². The second kappa shape index (κ2) is 40.2. The molecule has 712 valence electrons. The molecule has 6 N–H and O–H groups in total. The first-order valence-electron chi connectivity index (χ1n) is 46.0. The fourth-order valence-electron chi connectivity index (χ4n) is 18.1. The second-order valence-corrected chi connectivity index (χ2v) is 40.8. The Morgan fingerprint density at radius 1 is 0.406 bits per heavy atom. The van der Waals surface area contributed by atoms with Crippen LogP contribution in [0.25, 0.3) is 44.9 Å². The third-order valence-corrected chi connectivity index (χ3v) is 31.5. The van der Waals surface area contributed by atoms with Crippen LogP contribution in [0.15, 0.2) is 288 Å². The van der Waals surface area contributed by atoms with Gasteiger partial charge in [0.1, 0.15) is 29.0 Å². The Hall–Kier alpha value is -14.3. The molecule has 9 heterocycles. The van der Waals surface area contributed by atoms with Crippen molar-refractivity contribution in [1.29, 1.82) is 0 Å². The summed E-state index contributed by atoms with van der Waals surface area (Å²) in [5, 5.41) is 12.0. The molecule has 1 saturated heterocycles. The molecule has 4 aliphatic carbocycles. The Kier molecular flexibility index (Phi) is 27.4. The summed E-state index contributed by atoms with van der Waals surface area (Å²) < 4.78 is 120. The second-order valence-electron chi connectivity index (χ2n) is 35.3. The van der Waals surface area contributed by atoms with Crippen LogP contribution < -0.4 is 63.9 Å². The van der Waals surface area contributed by atoms with E-state index in [0.717, 1.165) is 163 Å². The summed E-state index contributed by atoms with van der Waals surface area (Å²) in [4.78, 5) is 76.5. The monoisotopic (exact) mass is 1920 g/mol. The number of nitrogens with zero attached hydrogens (tertiary/aromatic N) is 6. The summed E-state index contributed by atoms with van der Waals surface area (Å²) in [5.74, 6) is 6.57. The smallest absolute Gasteiger partial charge is 0.243 e. The molecule has 1 unspecified atom stereocenters. The number of aryl methyl sites for hydroxylation is 1. The molecule has 4 saturated carbocycles. The molecule has 0 bridgehead atoms. The number of nitrogens with one attached hydrogen (secondary N) is 6. The van der Waals surface area contributed by atoms with E-state index >= 15 is 0 Å². The molecular weight excluding hydrogens is 1810 g/mol. The van der Waals surface area contributed by atoms with Gasteiger partial charge in [-0.3, -0.25) is 24.2 Å². The Morgan fingerprint density at radius 3 is 1.23 bits per heavy atom. The minimum absolute atomic E-state index is 0. The molecule has 5 fully saturated rings. The van der Waals surface area contributed by atoms with E-state index in [4.69, 9.17) is 33.2 Å². The topological polar surface area (TPSA) is 375 Å². The van der Waals surface area contributed by atoms with Gasteiger partial charge in [0.2, 0.25) is 74.1 Å². The maximum absolute atomic E-state index is 13.5. The molecule has 0 spiro atoms. The summed E-state index contributed by atoms with van der Waals surface area (Å²) in [7, 11) is -7.67. The maximum Gasteiger partial charge on any atom is 0.243 e. The first-order chi connectivity index (χ1) is 66.8. The Balaban J connectivity index is 0.000000135. The fourth-order valence-corrected chi connectivity index (χ4v) is 21.6. The number of rotatable bonds is 26. The lowest BCUT2D eigenvalue weighted by atomic mass is 9.68. The number of piperidine rings is 1. The molecule has 21 rings (SSSR count). The normalized spacial score (nSPS) is 16.8. The van der Waals surface area contributed by atoms with Crippen molar-refractivity contribution in [2.24, 2.45) is 0 Å². The van der Waals surface area contributed by atoms with Gasteiger partial charge in [-0.15, -0.1) is 0 Å². The summed E-state index contributed by atoms with van der Waals surface area (Å²) in [6, 6.07) is 80.3. The molecule has 32 heteroatoms. The van der Waals surface area contributed by atoms with Crippen LogP contribution in [0.1, 0.15) is 133 Å². The molecule has 4 aliphatic heterocycles. The van der Waals surface area contributed by atoms with Gasteiger partial charge in [-0.2, -0.15) is 4.31 Å². The zero-order chi connectivity index (χ0) is 95.8. The third-order valence-electron chi connectivity index (χ3n) is 26.6. The van der Waals surface area contributed by atoms with Gasteiger partial charge in [-0.1, -0.05) is 147 Å². The molecule has 1 atom stereocenters. The molecule has 13 aromatic rings. The van der Waals surface area contributed by atoms with Crippen molar-refractivity contribution >= 4 is 77.0 Å². The number of pyridine rings is 5. The van der Waals surface area contributed by atoms with E-state index in [2.05, 4.69) is 55.6 Å². The van der Waals surface area contributed by atoms with E-state index < -0.39 is 51.7 Å². The number of hydrogen-bond donors (Lipinski definition) is 6. The predicted octanol–water partition coefficient (Wildman–Crippen LogP) is 18.2. The number of fused-ring (bicyclic) bond motifs is 3. The highest BCUT2D eigenvalue weighted by atomic mass is 32.2. The molecule has 138 heavy (non-hydrogen) atoms. The van der Waals surface area contributed by atoms with Crippen LogP contribution in [0.4, 0.5) is 23.3 Å². The largest absolute Gasteiger partial charge is 0.497 e.